The van der Waals surface area contributed by atoms with Crippen molar-refractivity contribution in [3.05, 3.63) is 61.9 Å². The number of aryl methyl sites for hydroxylation is 1. The molecule has 0 bridgehead atoms. The molecule has 0 aliphatic rings. The third kappa shape index (κ3) is 4.50. The van der Waals surface area contributed by atoms with E-state index in [1.54, 1.807) is 24.3 Å². The Kier molecular flexibility index (Phi) is 5.57. The third-order valence-electron chi connectivity index (χ3n) is 3.25. The molecule has 0 radical (unpaired) electrons. The van der Waals surface area contributed by atoms with Crippen LogP contribution in [0.5, 0.6) is 0 Å². The first-order valence-electron chi connectivity index (χ1n) is 7.24. The number of carbonyl (C=O) groups excluding carboxylic acids is 1. The first-order valence-corrected chi connectivity index (χ1v) is 8.88. The van der Waals surface area contributed by atoms with Crippen molar-refractivity contribution in [2.75, 3.05) is 0 Å². The van der Waals surface area contributed by atoms with Crippen molar-refractivity contribution in [3.63, 3.8) is 0 Å². The van der Waals surface area contributed by atoms with Crippen molar-refractivity contribution in [1.82, 2.24) is 9.78 Å². The molecule has 2 aromatic heterocycles. The summed E-state index contributed by atoms with van der Waals surface area (Å²) in [5, 5.41) is 6.76. The zero-order valence-electron chi connectivity index (χ0n) is 12.8. The second kappa shape index (κ2) is 7.86. The molecule has 0 aliphatic heterocycles. The molecule has 130 valence electrons. The van der Waals surface area contributed by atoms with Gasteiger partial charge in [0, 0.05) is 0 Å². The molecule has 25 heavy (non-hydrogen) atoms. The van der Waals surface area contributed by atoms with Crippen LogP contribution in [-0.2, 0) is 22.7 Å². The highest BCUT2D eigenvalue weighted by atomic mass is 35.5. The first-order chi connectivity index (χ1) is 12.0. The van der Waals surface area contributed by atoms with Crippen LogP contribution in [0.25, 0.3) is 10.8 Å². The lowest BCUT2D eigenvalue weighted by Gasteiger charge is -2.05. The Morgan fingerprint density at radius 1 is 1.28 bits per heavy atom. The van der Waals surface area contributed by atoms with Crippen LogP contribution in [-0.4, -0.2) is 15.7 Å². The number of esters is 1. The van der Waals surface area contributed by atoms with Crippen LogP contribution in [0.3, 0.4) is 0 Å². The van der Waals surface area contributed by atoms with Crippen LogP contribution in [0.2, 0.25) is 10.0 Å². The number of ether oxygens (including phenoxy) is 1. The molecular formula is C16H12Cl2N2O4S. The molecule has 2 heterocycles. The summed E-state index contributed by atoms with van der Waals surface area (Å²) in [6, 6.07) is 8.61. The molecule has 0 atom stereocenters. The molecule has 6 nitrogen and oxygen atoms in total. The van der Waals surface area contributed by atoms with E-state index in [1.165, 1.54) is 11.3 Å². The Balaban J connectivity index is 1.54. The number of halogens is 2. The highest BCUT2D eigenvalue weighted by Gasteiger charge is 2.13. The van der Waals surface area contributed by atoms with Crippen molar-refractivity contribution >= 4 is 40.5 Å². The van der Waals surface area contributed by atoms with Gasteiger partial charge >= 0.3 is 11.7 Å². The van der Waals surface area contributed by atoms with Gasteiger partial charge in [-0.05, 0) is 29.1 Å². The minimum Gasteiger partial charge on any atom is -0.461 e. The number of nitrogens with zero attached hydrogens (tertiary/aromatic N) is 2. The van der Waals surface area contributed by atoms with Gasteiger partial charge in [0.05, 0.1) is 27.9 Å². The molecule has 0 saturated heterocycles. The molecule has 3 rings (SSSR count). The summed E-state index contributed by atoms with van der Waals surface area (Å²) in [7, 11) is 0. The second-order valence-corrected chi connectivity index (χ2v) is 6.79. The number of hydrogen-bond acceptors (Lipinski definition) is 6. The van der Waals surface area contributed by atoms with E-state index in [-0.39, 0.29) is 25.5 Å². The molecule has 0 unspecified atom stereocenters. The molecule has 1 aromatic carbocycles. The van der Waals surface area contributed by atoms with Crippen molar-refractivity contribution in [3.8, 4) is 10.8 Å². The fourth-order valence-electron chi connectivity index (χ4n) is 2.01. The standard InChI is InChI=1S/C16H12Cl2N2O4S/c17-11-4-3-10(8-12(11)18)9-23-14(21)5-6-20-16(22)24-15(19-20)13-2-1-7-25-13/h1-4,7-8H,5-6,9H2. The first kappa shape index (κ1) is 17.7. The maximum atomic E-state index is 11.8. The number of benzene rings is 1. The largest absolute Gasteiger partial charge is 0.461 e. The number of thiophene rings is 1. The summed E-state index contributed by atoms with van der Waals surface area (Å²) in [6.07, 6.45) is -0.00234. The number of rotatable bonds is 6. The van der Waals surface area contributed by atoms with E-state index >= 15 is 0 Å². The maximum absolute atomic E-state index is 11.8. The maximum Gasteiger partial charge on any atom is 0.437 e. The quantitative estimate of drug-likeness (QED) is 0.586. The normalized spacial score (nSPS) is 10.8. The zero-order chi connectivity index (χ0) is 17.8. The lowest BCUT2D eigenvalue weighted by Crippen LogP contribution is -2.18. The Morgan fingerprint density at radius 2 is 2.12 bits per heavy atom. The minimum atomic E-state index is -0.610. The van der Waals surface area contributed by atoms with Crippen molar-refractivity contribution < 1.29 is 13.9 Å². The van der Waals surface area contributed by atoms with Gasteiger partial charge < -0.3 is 9.15 Å². The Labute approximate surface area is 156 Å². The molecule has 0 fully saturated rings. The Morgan fingerprint density at radius 3 is 2.84 bits per heavy atom. The fourth-order valence-corrected chi connectivity index (χ4v) is 2.97. The van der Waals surface area contributed by atoms with Crippen LogP contribution >= 0.6 is 34.5 Å². The zero-order valence-corrected chi connectivity index (χ0v) is 15.1. The summed E-state index contributed by atoms with van der Waals surface area (Å²) >= 11 is 13.1. The van der Waals surface area contributed by atoms with Gasteiger partial charge in [0.2, 0.25) is 0 Å². The second-order valence-electron chi connectivity index (χ2n) is 5.03. The van der Waals surface area contributed by atoms with E-state index in [0.29, 0.717) is 10.0 Å². The van der Waals surface area contributed by atoms with Gasteiger partial charge in [0.1, 0.15) is 6.61 Å². The van der Waals surface area contributed by atoms with E-state index in [1.807, 2.05) is 11.4 Å². The summed E-state index contributed by atoms with van der Waals surface area (Å²) in [4.78, 5) is 24.3. The van der Waals surface area contributed by atoms with Gasteiger partial charge in [0.25, 0.3) is 5.89 Å². The van der Waals surface area contributed by atoms with E-state index in [0.717, 1.165) is 15.1 Å². The summed E-state index contributed by atoms with van der Waals surface area (Å²) in [5.41, 5.74) is 0.723. The predicted molar refractivity (Wildman–Crippen MR) is 95.0 cm³/mol. The topological polar surface area (TPSA) is 74.3 Å². The number of hydrogen-bond donors (Lipinski definition) is 0. The molecule has 0 amide bonds. The lowest BCUT2D eigenvalue weighted by molar-refractivity contribution is -0.145. The molecular weight excluding hydrogens is 387 g/mol. The van der Waals surface area contributed by atoms with Gasteiger partial charge in [-0.1, -0.05) is 35.3 Å². The van der Waals surface area contributed by atoms with Crippen LogP contribution in [0.4, 0.5) is 0 Å². The lowest BCUT2D eigenvalue weighted by atomic mass is 10.2. The van der Waals surface area contributed by atoms with E-state index in [9.17, 15) is 9.59 Å². The molecule has 0 N–H and O–H groups in total. The smallest absolute Gasteiger partial charge is 0.437 e. The van der Waals surface area contributed by atoms with Crippen molar-refractivity contribution in [2.24, 2.45) is 0 Å². The molecule has 0 spiro atoms. The minimum absolute atomic E-state index is 0.00234. The van der Waals surface area contributed by atoms with Crippen molar-refractivity contribution in [2.45, 2.75) is 19.6 Å². The predicted octanol–water partition coefficient (Wildman–Crippen LogP) is 4.01. The van der Waals surface area contributed by atoms with Gasteiger partial charge in [0.15, 0.2) is 0 Å². The number of carbonyl (C=O) groups is 1. The molecule has 0 saturated carbocycles. The Bertz CT molecular complexity index is 934. The highest BCUT2D eigenvalue weighted by molar-refractivity contribution is 7.13. The number of aromatic nitrogens is 2. The summed E-state index contributed by atoms with van der Waals surface area (Å²) in [5.74, 6) is -0.830. The van der Waals surface area contributed by atoms with Crippen LogP contribution < -0.4 is 5.76 Å². The fraction of sp³-hybridized carbons (Fsp3) is 0.188. The highest BCUT2D eigenvalue weighted by Crippen LogP contribution is 2.23. The average Bonchev–Trinajstić information content (AvgIpc) is 3.23. The average molecular weight is 399 g/mol. The summed E-state index contributed by atoms with van der Waals surface area (Å²) in [6.45, 7) is 0.151. The van der Waals surface area contributed by atoms with Gasteiger partial charge in [-0.15, -0.1) is 16.4 Å². The van der Waals surface area contributed by atoms with Gasteiger partial charge in [-0.3, -0.25) is 4.79 Å². The van der Waals surface area contributed by atoms with Crippen LogP contribution in [0, 0.1) is 0 Å². The van der Waals surface area contributed by atoms with E-state index < -0.39 is 11.7 Å². The summed E-state index contributed by atoms with van der Waals surface area (Å²) < 4.78 is 11.3. The monoisotopic (exact) mass is 398 g/mol. The molecule has 0 aliphatic carbocycles. The third-order valence-corrected chi connectivity index (χ3v) is 4.85. The van der Waals surface area contributed by atoms with Gasteiger partial charge in [-0.25, -0.2) is 4.79 Å². The molecule has 3 aromatic rings. The van der Waals surface area contributed by atoms with E-state index in [4.69, 9.17) is 32.4 Å². The Hall–Kier alpha value is -2.09. The van der Waals surface area contributed by atoms with Crippen molar-refractivity contribution in [1.29, 1.82) is 0 Å². The van der Waals surface area contributed by atoms with Gasteiger partial charge in [-0.2, -0.15) is 4.68 Å². The van der Waals surface area contributed by atoms with Crippen LogP contribution in [0.1, 0.15) is 12.0 Å². The van der Waals surface area contributed by atoms with Crippen LogP contribution in [0.15, 0.2) is 44.9 Å². The van der Waals surface area contributed by atoms with E-state index in [2.05, 4.69) is 5.10 Å². The SMILES string of the molecule is O=C(CCn1nc(-c2cccs2)oc1=O)OCc1ccc(Cl)c(Cl)c1. The molecule has 9 heteroatoms.